The first kappa shape index (κ1) is 66.1. The highest BCUT2D eigenvalue weighted by atomic mass is 32.1. The molecule has 3 nitrogen and oxygen atoms in total. The number of nitrogens with zero attached hydrogens (tertiary/aromatic N) is 3. The Labute approximate surface area is 678 Å². The zero-order valence-corrected chi connectivity index (χ0v) is 67.5. The molecule has 2 aromatic heterocycles. The van der Waals surface area contributed by atoms with Gasteiger partial charge in [-0.05, 0) is 180 Å². The van der Waals surface area contributed by atoms with Gasteiger partial charge in [0.15, 0.2) is 8.07 Å². The van der Waals surface area contributed by atoms with Crippen molar-refractivity contribution in [2.24, 2.45) is 0 Å². The summed E-state index contributed by atoms with van der Waals surface area (Å²) in [5.41, 5.74) is 20.0. The van der Waals surface area contributed by atoms with Gasteiger partial charge in [-0.25, -0.2) is 0 Å². The summed E-state index contributed by atoms with van der Waals surface area (Å²) in [6.45, 7) is 20.2. The van der Waals surface area contributed by atoms with E-state index < -0.39 is 20.2 Å². The SMILES string of the molecule is [2H]c1c([2H])c(-n2c3ccccc3c3cc4ccc5cccc6ccc(c4c56)c32)c([2H])c2c1B1c3sc4cc([Si](c5ccccc5)(c5ccccc5)c5ccccc5)ccc4c3N(c3c(-c4ccccc4)cc(C(C)(C)C)cc3-c3ccccc3)c3cc(C(C)(C)C)cc(c31)N2c1c(-c2ccccc2)cc(C(C)(C)C)cc1-c1ccccc1. The van der Waals surface area contributed by atoms with E-state index >= 15 is 0 Å². The largest absolute Gasteiger partial charge is 0.310 e. The standard InChI is InChI=1S/C108H86BN3SSi/c1-106(2,3)76-61-87(69-34-17-10-18-35-69)102(88(62-76)70-36-19-11-20-37-70)111-94-67-79(110-93-51-32-31-50-84(93)91-60-75-53-52-73-42-33-43-74-54-57-86(101(91)110)99(75)98(73)74)55-59-92(94)109-100-95(111)65-78(108(7,8)9)66-96(100)112(103-89(71-38-21-12-22-39-71)63-77(107(4,5)6)64-90(103)72-40-23-13-24-41-72)104-85-58-56-83(68-97(85)113-105(104)109)114(80-44-25-14-26-45-80,81-46-27-15-28-47-81)82-48-29-16-30-49-82/h10-68H,1-9H3/i55D,59D,67D. The van der Waals surface area contributed by atoms with Crippen LogP contribution in [-0.2, 0) is 16.2 Å². The summed E-state index contributed by atoms with van der Waals surface area (Å²) in [4.78, 5) is 5.13. The van der Waals surface area contributed by atoms with E-state index in [2.05, 4.69) is 416 Å². The van der Waals surface area contributed by atoms with Crippen LogP contribution < -0.4 is 46.2 Å². The van der Waals surface area contributed by atoms with Crippen LogP contribution in [0.4, 0.5) is 34.1 Å². The Morgan fingerprint density at radius 1 is 0.333 bits per heavy atom. The normalized spacial score (nSPS) is 13.4. The molecular weight excluding hydrogens is 1410 g/mol. The van der Waals surface area contributed by atoms with Gasteiger partial charge in [-0.1, -0.05) is 353 Å². The molecule has 546 valence electrons. The van der Waals surface area contributed by atoms with Crippen LogP contribution in [0.1, 0.15) is 83.1 Å². The fraction of sp³-hybridized carbons (Fsp3) is 0.111. The lowest BCUT2D eigenvalue weighted by molar-refractivity contribution is 0.590. The molecule has 0 atom stereocenters. The zero-order valence-electron chi connectivity index (χ0n) is 68.7. The molecule has 0 spiro atoms. The van der Waals surface area contributed by atoms with Crippen molar-refractivity contribution in [2.75, 3.05) is 9.80 Å². The minimum atomic E-state index is -3.17. The molecule has 2 aliphatic heterocycles. The Morgan fingerprint density at radius 2 is 0.763 bits per heavy atom. The number of para-hydroxylation sites is 1. The van der Waals surface area contributed by atoms with Crippen molar-refractivity contribution in [3.05, 3.63) is 375 Å². The van der Waals surface area contributed by atoms with Gasteiger partial charge in [0.05, 0.1) is 32.2 Å². The van der Waals surface area contributed by atoms with Crippen LogP contribution in [0.3, 0.4) is 0 Å². The lowest BCUT2D eigenvalue weighted by Crippen LogP contribution is -2.74. The van der Waals surface area contributed by atoms with Crippen LogP contribution in [-0.4, -0.2) is 19.4 Å². The average molecular weight is 1500 g/mol. The fourth-order valence-corrected chi connectivity index (χ4v) is 25.2. The van der Waals surface area contributed by atoms with Crippen LogP contribution in [0.25, 0.3) is 114 Å². The van der Waals surface area contributed by atoms with E-state index in [0.29, 0.717) is 16.8 Å². The molecule has 19 aromatic rings. The molecule has 0 saturated heterocycles. The van der Waals surface area contributed by atoms with Crippen molar-refractivity contribution in [2.45, 2.75) is 78.6 Å². The number of rotatable bonds is 11. The molecule has 2 aliphatic rings. The summed E-state index contributed by atoms with van der Waals surface area (Å²) < 4.78 is 39.8. The predicted molar refractivity (Wildman–Crippen MR) is 495 cm³/mol. The molecule has 0 aliphatic carbocycles. The number of fused-ring (bicyclic) bond motifs is 10. The molecule has 0 saturated carbocycles. The molecular formula is C108H86BN3SSi. The van der Waals surface area contributed by atoms with Gasteiger partial charge in [0, 0.05) is 76.0 Å². The van der Waals surface area contributed by atoms with Crippen molar-refractivity contribution < 1.29 is 4.11 Å². The van der Waals surface area contributed by atoms with E-state index in [4.69, 9.17) is 0 Å². The molecule has 17 aromatic carbocycles. The second kappa shape index (κ2) is 26.3. The second-order valence-corrected chi connectivity index (χ2v) is 39.3. The quantitative estimate of drug-likeness (QED) is 0.0726. The van der Waals surface area contributed by atoms with Gasteiger partial charge in [0.25, 0.3) is 6.71 Å². The number of anilines is 6. The van der Waals surface area contributed by atoms with E-state index in [1.165, 1.54) is 31.7 Å². The number of benzene rings is 17. The number of hydrogen-bond donors (Lipinski definition) is 0. The molecule has 4 heterocycles. The summed E-state index contributed by atoms with van der Waals surface area (Å²) in [6, 6.07) is 126. The fourth-order valence-electron chi connectivity index (χ4n) is 19.0. The third-order valence-corrected chi connectivity index (χ3v) is 30.5. The Kier molecular flexibility index (Phi) is 15.2. The smallest absolute Gasteiger partial charge is 0.264 e. The lowest BCUT2D eigenvalue weighted by atomic mass is 9.36. The van der Waals surface area contributed by atoms with Crippen LogP contribution in [0.15, 0.2) is 358 Å². The van der Waals surface area contributed by atoms with E-state index in [1.807, 2.05) is 11.3 Å². The Hall–Kier alpha value is -12.6. The van der Waals surface area contributed by atoms with Gasteiger partial charge < -0.3 is 14.4 Å². The van der Waals surface area contributed by atoms with Crippen molar-refractivity contribution in [1.29, 1.82) is 0 Å². The third-order valence-electron chi connectivity index (χ3n) is 24.6. The van der Waals surface area contributed by atoms with Crippen LogP contribution in [0.5, 0.6) is 0 Å². The van der Waals surface area contributed by atoms with Crippen molar-refractivity contribution in [3.63, 3.8) is 0 Å². The highest BCUT2D eigenvalue weighted by Crippen LogP contribution is 2.57. The Bertz CT molecular complexity index is 6980. The lowest BCUT2D eigenvalue weighted by Gasteiger charge is -2.46. The van der Waals surface area contributed by atoms with E-state index in [0.717, 1.165) is 153 Å². The van der Waals surface area contributed by atoms with Crippen molar-refractivity contribution in [3.8, 4) is 50.2 Å². The van der Waals surface area contributed by atoms with Gasteiger partial charge in [-0.3, -0.25) is 0 Å². The van der Waals surface area contributed by atoms with Gasteiger partial charge in [-0.2, -0.15) is 0 Å². The minimum Gasteiger partial charge on any atom is -0.310 e. The maximum Gasteiger partial charge on any atom is 0.264 e. The van der Waals surface area contributed by atoms with Crippen molar-refractivity contribution >= 4 is 161 Å². The van der Waals surface area contributed by atoms with Gasteiger partial charge >= 0.3 is 0 Å². The highest BCUT2D eigenvalue weighted by molar-refractivity contribution is 7.34. The molecule has 0 amide bonds. The molecule has 21 rings (SSSR count). The Balaban J connectivity index is 0.980. The molecule has 0 fully saturated rings. The van der Waals surface area contributed by atoms with Gasteiger partial charge in [-0.15, -0.1) is 11.3 Å². The number of aromatic nitrogens is 1. The summed E-state index contributed by atoms with van der Waals surface area (Å²) in [5, 5.41) is 15.0. The van der Waals surface area contributed by atoms with Gasteiger partial charge in [0.1, 0.15) is 0 Å². The summed E-state index contributed by atoms with van der Waals surface area (Å²) in [6.07, 6.45) is 0. The van der Waals surface area contributed by atoms with Gasteiger partial charge in [0.2, 0.25) is 0 Å². The first-order chi connectivity index (χ1) is 56.7. The summed E-state index contributed by atoms with van der Waals surface area (Å²) >= 11 is 1.82. The summed E-state index contributed by atoms with van der Waals surface area (Å²) in [7, 11) is -3.17. The second-order valence-electron chi connectivity index (χ2n) is 34.4. The molecule has 0 bridgehead atoms. The van der Waals surface area contributed by atoms with Crippen LogP contribution >= 0.6 is 11.3 Å². The third kappa shape index (κ3) is 10.8. The molecule has 0 N–H and O–H groups in total. The minimum absolute atomic E-state index is 0.00903. The monoisotopic (exact) mass is 1500 g/mol. The highest BCUT2D eigenvalue weighted by Gasteiger charge is 2.49. The first-order valence-corrected chi connectivity index (χ1v) is 42.9. The van der Waals surface area contributed by atoms with Crippen LogP contribution in [0.2, 0.25) is 0 Å². The van der Waals surface area contributed by atoms with Crippen molar-refractivity contribution in [1.82, 2.24) is 4.57 Å². The predicted octanol–water partition coefficient (Wildman–Crippen LogP) is 24.9. The van der Waals surface area contributed by atoms with E-state index in [1.54, 1.807) is 0 Å². The number of hydrogen-bond acceptors (Lipinski definition) is 3. The topological polar surface area (TPSA) is 11.4 Å². The van der Waals surface area contributed by atoms with Crippen LogP contribution in [0, 0.1) is 0 Å². The maximum atomic E-state index is 12.2. The average Bonchev–Trinajstić information content (AvgIpc) is 1.65. The number of thiophene rings is 1. The van der Waals surface area contributed by atoms with E-state index in [9.17, 15) is 4.11 Å². The summed E-state index contributed by atoms with van der Waals surface area (Å²) in [5.74, 6) is 0. The Morgan fingerprint density at radius 3 is 1.26 bits per heavy atom. The molecule has 0 unspecified atom stereocenters. The molecule has 6 heteroatoms. The zero-order chi connectivity index (χ0) is 79.7. The molecule has 0 radical (unpaired) electrons. The first-order valence-electron chi connectivity index (χ1n) is 41.6. The van der Waals surface area contributed by atoms with E-state index in [-0.39, 0.29) is 29.0 Å². The molecule has 114 heavy (non-hydrogen) atoms. The maximum absolute atomic E-state index is 12.2.